The number of allylic oxidation sites excluding steroid dienone is 2. The highest BCUT2D eigenvalue weighted by molar-refractivity contribution is 6.31. The Bertz CT molecular complexity index is 594. The van der Waals surface area contributed by atoms with Crippen molar-refractivity contribution < 1.29 is 0 Å². The van der Waals surface area contributed by atoms with E-state index in [0.29, 0.717) is 5.71 Å². The fourth-order valence-electron chi connectivity index (χ4n) is 2.28. The fraction of sp³-hybridized carbons (Fsp3) is 0.0625. The molecule has 0 aliphatic heterocycles. The second kappa shape index (κ2) is 4.02. The van der Waals surface area contributed by atoms with Gasteiger partial charge in [0, 0.05) is 11.1 Å². The Morgan fingerprint density at radius 3 is 2.35 bits per heavy atom. The largest absolute Gasteiger partial charge is 0.300 e. The molecule has 0 saturated carbocycles. The molecule has 0 aromatic heterocycles. The van der Waals surface area contributed by atoms with Crippen molar-refractivity contribution >= 4 is 11.3 Å². The number of hydrogen-bond acceptors (Lipinski definition) is 1. The van der Waals surface area contributed by atoms with E-state index in [0.717, 1.165) is 23.1 Å². The molecule has 1 aliphatic carbocycles. The molecule has 0 unspecified atom stereocenters. The Hall–Kier alpha value is -2.15. The van der Waals surface area contributed by atoms with E-state index in [2.05, 4.69) is 24.3 Å². The number of benzene rings is 2. The van der Waals surface area contributed by atoms with Gasteiger partial charge in [-0.15, -0.1) is 0 Å². The molecule has 1 heteroatoms. The van der Waals surface area contributed by atoms with Crippen molar-refractivity contribution in [1.82, 2.24) is 0 Å². The summed E-state index contributed by atoms with van der Waals surface area (Å²) in [5, 5.41) is 8.30. The Balaban J connectivity index is 2.07. The third-order valence-corrected chi connectivity index (χ3v) is 3.17. The van der Waals surface area contributed by atoms with E-state index in [1.54, 1.807) is 0 Å². The van der Waals surface area contributed by atoms with Crippen LogP contribution in [0, 0.1) is 5.41 Å². The van der Waals surface area contributed by atoms with Crippen molar-refractivity contribution in [1.29, 1.82) is 5.41 Å². The Kier molecular flexibility index (Phi) is 2.37. The van der Waals surface area contributed by atoms with E-state index in [-0.39, 0.29) is 0 Å². The monoisotopic (exact) mass is 219 g/mol. The minimum absolute atomic E-state index is 0.637. The molecule has 1 nitrogen and oxygen atoms in total. The molecule has 2 aromatic rings. The molecule has 82 valence electrons. The van der Waals surface area contributed by atoms with Crippen molar-refractivity contribution in [3.8, 4) is 0 Å². The highest BCUT2D eigenvalue weighted by Gasteiger charge is 2.17. The van der Waals surface area contributed by atoms with Gasteiger partial charge in [-0.05, 0) is 17.5 Å². The van der Waals surface area contributed by atoms with E-state index in [9.17, 15) is 0 Å². The molecule has 1 N–H and O–H groups in total. The molecule has 0 spiro atoms. The number of fused-ring (bicyclic) bond motifs is 1. The molecule has 0 atom stereocenters. The van der Waals surface area contributed by atoms with Crippen LogP contribution < -0.4 is 0 Å². The average Bonchev–Trinajstić information content (AvgIpc) is 2.40. The van der Waals surface area contributed by atoms with Gasteiger partial charge in [0.15, 0.2) is 0 Å². The molecule has 0 amide bonds. The van der Waals surface area contributed by atoms with Gasteiger partial charge >= 0.3 is 0 Å². The molecular weight excluding hydrogens is 206 g/mol. The summed E-state index contributed by atoms with van der Waals surface area (Å²) in [6.45, 7) is 0. The second-order valence-electron chi connectivity index (χ2n) is 4.22. The zero-order valence-electron chi connectivity index (χ0n) is 9.48. The minimum atomic E-state index is 0.637. The first-order valence-electron chi connectivity index (χ1n) is 5.79. The molecule has 0 bridgehead atoms. The summed E-state index contributed by atoms with van der Waals surface area (Å²) in [5.74, 6) is 0. The highest BCUT2D eigenvalue weighted by Crippen LogP contribution is 2.27. The summed E-state index contributed by atoms with van der Waals surface area (Å²) in [4.78, 5) is 0. The Morgan fingerprint density at radius 1 is 0.824 bits per heavy atom. The van der Waals surface area contributed by atoms with Gasteiger partial charge in [0.25, 0.3) is 0 Å². The van der Waals surface area contributed by atoms with Crippen molar-refractivity contribution in [2.45, 2.75) is 6.42 Å². The van der Waals surface area contributed by atoms with Gasteiger partial charge in [-0.25, -0.2) is 0 Å². The number of nitrogens with one attached hydrogen (secondary N) is 1. The standard InChI is InChI=1S/C16H13N/c17-16-14-9-5-4-8-13(14)10-11-15(16)12-6-2-1-3-7-12/h1-9,11,17H,10H2. The summed E-state index contributed by atoms with van der Waals surface area (Å²) in [5.41, 5.74) is 5.13. The third-order valence-electron chi connectivity index (χ3n) is 3.17. The first kappa shape index (κ1) is 10.0. The molecule has 0 heterocycles. The summed E-state index contributed by atoms with van der Waals surface area (Å²) < 4.78 is 0. The van der Waals surface area contributed by atoms with E-state index in [1.165, 1.54) is 5.56 Å². The van der Waals surface area contributed by atoms with Gasteiger partial charge in [-0.1, -0.05) is 60.7 Å². The van der Waals surface area contributed by atoms with Crippen LogP contribution in [0.25, 0.3) is 5.57 Å². The SMILES string of the molecule is N=C1C(c2ccccc2)=CCc2ccccc21. The van der Waals surface area contributed by atoms with Gasteiger partial charge < -0.3 is 0 Å². The topological polar surface area (TPSA) is 23.9 Å². The summed E-state index contributed by atoms with van der Waals surface area (Å²) in [6, 6.07) is 18.3. The predicted octanol–water partition coefficient (Wildman–Crippen LogP) is 3.69. The van der Waals surface area contributed by atoms with Crippen LogP contribution >= 0.6 is 0 Å². The van der Waals surface area contributed by atoms with E-state index in [4.69, 9.17) is 5.41 Å². The van der Waals surface area contributed by atoms with Gasteiger partial charge in [0.2, 0.25) is 0 Å². The maximum atomic E-state index is 8.30. The fourth-order valence-corrected chi connectivity index (χ4v) is 2.28. The van der Waals surface area contributed by atoms with Crippen LogP contribution in [0.2, 0.25) is 0 Å². The van der Waals surface area contributed by atoms with E-state index < -0.39 is 0 Å². The molecule has 0 fully saturated rings. The van der Waals surface area contributed by atoms with Gasteiger partial charge in [-0.3, -0.25) is 5.41 Å². The normalized spacial score (nSPS) is 14.1. The van der Waals surface area contributed by atoms with Crippen molar-refractivity contribution in [2.75, 3.05) is 0 Å². The Morgan fingerprint density at radius 2 is 1.53 bits per heavy atom. The lowest BCUT2D eigenvalue weighted by Crippen LogP contribution is -2.11. The number of rotatable bonds is 1. The summed E-state index contributed by atoms with van der Waals surface area (Å²) in [6.07, 6.45) is 3.07. The van der Waals surface area contributed by atoms with Crippen LogP contribution in [0.4, 0.5) is 0 Å². The molecule has 1 aliphatic rings. The van der Waals surface area contributed by atoms with Crippen molar-refractivity contribution in [3.05, 3.63) is 77.4 Å². The zero-order chi connectivity index (χ0) is 11.7. The van der Waals surface area contributed by atoms with Crippen LogP contribution in [-0.2, 0) is 6.42 Å². The molecule has 0 radical (unpaired) electrons. The van der Waals surface area contributed by atoms with Crippen LogP contribution in [0.15, 0.2) is 60.7 Å². The lowest BCUT2D eigenvalue weighted by atomic mass is 9.86. The van der Waals surface area contributed by atoms with Gasteiger partial charge in [0.1, 0.15) is 0 Å². The summed E-state index contributed by atoms with van der Waals surface area (Å²) in [7, 11) is 0. The van der Waals surface area contributed by atoms with Crippen LogP contribution in [-0.4, -0.2) is 5.71 Å². The first-order valence-corrected chi connectivity index (χ1v) is 5.79. The lowest BCUT2D eigenvalue weighted by Gasteiger charge is -2.18. The average molecular weight is 219 g/mol. The second-order valence-corrected chi connectivity index (χ2v) is 4.22. The maximum Gasteiger partial charge on any atom is 0.0690 e. The van der Waals surface area contributed by atoms with Crippen molar-refractivity contribution in [2.24, 2.45) is 0 Å². The summed E-state index contributed by atoms with van der Waals surface area (Å²) >= 11 is 0. The molecule has 17 heavy (non-hydrogen) atoms. The molecular formula is C16H13N. The van der Waals surface area contributed by atoms with Crippen LogP contribution in [0.5, 0.6) is 0 Å². The number of hydrogen-bond donors (Lipinski definition) is 1. The van der Waals surface area contributed by atoms with Crippen molar-refractivity contribution in [3.63, 3.8) is 0 Å². The van der Waals surface area contributed by atoms with Crippen LogP contribution in [0.1, 0.15) is 16.7 Å². The zero-order valence-corrected chi connectivity index (χ0v) is 9.48. The first-order chi connectivity index (χ1) is 8.36. The van der Waals surface area contributed by atoms with E-state index in [1.807, 2.05) is 36.4 Å². The van der Waals surface area contributed by atoms with Crippen LogP contribution in [0.3, 0.4) is 0 Å². The minimum Gasteiger partial charge on any atom is -0.300 e. The smallest absolute Gasteiger partial charge is 0.0690 e. The molecule has 3 rings (SSSR count). The van der Waals surface area contributed by atoms with Gasteiger partial charge in [0.05, 0.1) is 5.71 Å². The lowest BCUT2D eigenvalue weighted by molar-refractivity contribution is 1.23. The third kappa shape index (κ3) is 1.70. The predicted molar refractivity (Wildman–Crippen MR) is 71.4 cm³/mol. The maximum absolute atomic E-state index is 8.30. The molecule has 2 aromatic carbocycles. The molecule has 0 saturated heterocycles. The Labute approximate surface area is 101 Å². The quantitative estimate of drug-likeness (QED) is 0.756. The van der Waals surface area contributed by atoms with E-state index >= 15 is 0 Å². The van der Waals surface area contributed by atoms with Gasteiger partial charge in [-0.2, -0.15) is 0 Å². The highest BCUT2D eigenvalue weighted by atomic mass is 14.4.